The topological polar surface area (TPSA) is 116 Å². The van der Waals surface area contributed by atoms with Gasteiger partial charge in [0, 0.05) is 66.6 Å². The zero-order chi connectivity index (χ0) is 32.3. The molecule has 10 nitrogen and oxygen atoms in total. The minimum Gasteiger partial charge on any atom is -0.339 e. The number of amides is 3. The van der Waals surface area contributed by atoms with Crippen LogP contribution in [0.2, 0.25) is 0 Å². The van der Waals surface area contributed by atoms with E-state index in [0.717, 1.165) is 18.9 Å². The number of allylic oxidation sites excluding steroid dienone is 1. The van der Waals surface area contributed by atoms with Crippen LogP contribution in [0.25, 0.3) is 5.57 Å². The highest BCUT2D eigenvalue weighted by Gasteiger charge is 2.42. The summed E-state index contributed by atoms with van der Waals surface area (Å²) in [5, 5.41) is 13.9. The SMILES string of the molecule is CN(C)C1CCN(C(=O)/C=C2/c3ccccc3N(C(=O)c3ccc(NC(=O)c4ccccc4[N+](=O)[O-])cc3)CCC2(F)F)CC1. The van der Waals surface area contributed by atoms with Crippen molar-refractivity contribution in [1.82, 2.24) is 9.80 Å². The predicted molar refractivity (Wildman–Crippen MR) is 166 cm³/mol. The third-order valence-corrected chi connectivity index (χ3v) is 8.28. The number of rotatable bonds is 6. The van der Waals surface area contributed by atoms with E-state index in [1.54, 1.807) is 23.1 Å². The number of likely N-dealkylation sites (tertiary alicyclic amines) is 1. The number of para-hydroxylation sites is 2. The van der Waals surface area contributed by atoms with Gasteiger partial charge in [0.2, 0.25) is 5.91 Å². The number of alkyl halides is 2. The normalized spacial score (nSPS) is 17.5. The number of carbonyl (C=O) groups excluding carboxylic acids is 3. The molecule has 0 spiro atoms. The molecule has 45 heavy (non-hydrogen) atoms. The second kappa shape index (κ2) is 12.9. The maximum absolute atomic E-state index is 15.7. The average Bonchev–Trinajstić information content (AvgIpc) is 3.14. The van der Waals surface area contributed by atoms with Crippen molar-refractivity contribution in [3.63, 3.8) is 0 Å². The van der Waals surface area contributed by atoms with Gasteiger partial charge < -0.3 is 20.0 Å². The highest BCUT2D eigenvalue weighted by Crippen LogP contribution is 2.43. The molecule has 1 N–H and O–H groups in total. The van der Waals surface area contributed by atoms with Crippen LogP contribution in [0, 0.1) is 10.1 Å². The van der Waals surface area contributed by atoms with Crippen LogP contribution in [0.15, 0.2) is 78.9 Å². The Bertz CT molecular complexity index is 1650. The van der Waals surface area contributed by atoms with Crippen LogP contribution in [0.4, 0.5) is 25.8 Å². The van der Waals surface area contributed by atoms with Gasteiger partial charge in [0.05, 0.1) is 10.6 Å². The molecular weight excluding hydrogens is 584 g/mol. The van der Waals surface area contributed by atoms with Crippen molar-refractivity contribution in [1.29, 1.82) is 0 Å². The third-order valence-electron chi connectivity index (χ3n) is 8.28. The number of nitro groups is 1. The van der Waals surface area contributed by atoms with Crippen LogP contribution in [0.1, 0.15) is 45.5 Å². The summed E-state index contributed by atoms with van der Waals surface area (Å²) in [6, 6.07) is 18.0. The molecule has 0 aliphatic carbocycles. The van der Waals surface area contributed by atoms with Gasteiger partial charge in [0.15, 0.2) is 0 Å². The van der Waals surface area contributed by atoms with E-state index in [-0.39, 0.29) is 40.3 Å². The minimum atomic E-state index is -3.36. The first-order chi connectivity index (χ1) is 21.5. The average molecular weight is 618 g/mol. The summed E-state index contributed by atoms with van der Waals surface area (Å²) in [6.07, 6.45) is 1.86. The van der Waals surface area contributed by atoms with E-state index in [4.69, 9.17) is 0 Å². The summed E-state index contributed by atoms with van der Waals surface area (Å²) in [6.45, 7) is 0.655. The lowest BCUT2D eigenvalue weighted by Gasteiger charge is -2.35. The van der Waals surface area contributed by atoms with Crippen molar-refractivity contribution in [2.75, 3.05) is 43.9 Å². The zero-order valence-corrected chi connectivity index (χ0v) is 24.9. The fourth-order valence-corrected chi connectivity index (χ4v) is 5.73. The van der Waals surface area contributed by atoms with Crippen LogP contribution in [0.3, 0.4) is 0 Å². The highest BCUT2D eigenvalue weighted by atomic mass is 19.3. The summed E-state index contributed by atoms with van der Waals surface area (Å²) in [4.78, 5) is 55.2. The predicted octanol–water partition coefficient (Wildman–Crippen LogP) is 5.47. The molecule has 0 unspecified atom stereocenters. The molecule has 0 aromatic heterocycles. The molecule has 12 heteroatoms. The molecule has 0 bridgehead atoms. The van der Waals surface area contributed by atoms with Crippen molar-refractivity contribution in [2.24, 2.45) is 0 Å². The number of nitro benzene ring substituents is 1. The molecule has 3 aromatic rings. The number of hydrogen-bond acceptors (Lipinski definition) is 6. The van der Waals surface area contributed by atoms with Crippen molar-refractivity contribution >= 4 is 40.4 Å². The molecule has 0 saturated carbocycles. The van der Waals surface area contributed by atoms with Crippen molar-refractivity contribution in [2.45, 2.75) is 31.2 Å². The van der Waals surface area contributed by atoms with Crippen molar-refractivity contribution in [3.05, 3.63) is 106 Å². The molecule has 3 amide bonds. The van der Waals surface area contributed by atoms with Crippen LogP contribution in [-0.4, -0.2) is 78.1 Å². The van der Waals surface area contributed by atoms with Crippen LogP contribution < -0.4 is 10.2 Å². The Morgan fingerprint density at radius 1 is 0.956 bits per heavy atom. The summed E-state index contributed by atoms with van der Waals surface area (Å²) >= 11 is 0. The van der Waals surface area contributed by atoms with Crippen molar-refractivity contribution in [3.8, 4) is 0 Å². The van der Waals surface area contributed by atoms with Gasteiger partial charge in [-0.05, 0) is 63.3 Å². The van der Waals surface area contributed by atoms with E-state index >= 15 is 8.78 Å². The zero-order valence-electron chi connectivity index (χ0n) is 24.9. The molecule has 3 aromatic carbocycles. The quantitative estimate of drug-likeness (QED) is 0.223. The van der Waals surface area contributed by atoms with E-state index in [1.165, 1.54) is 59.5 Å². The standard InChI is InChI=1S/C33H33F2N5O5/c1-37(2)24-15-18-38(19-16-24)30(41)21-27-25-7-3-5-9-28(25)39(20-17-33(27,34)35)32(43)22-11-13-23(14-12-22)36-31(42)26-8-4-6-10-29(26)40(44)45/h3-14,21,24H,15-20H2,1-2H3,(H,36,42)/b27-21-. The first kappa shape index (κ1) is 31.5. The van der Waals surface area contributed by atoms with Crippen LogP contribution >= 0.6 is 0 Å². The van der Waals surface area contributed by atoms with Gasteiger partial charge in [-0.1, -0.05) is 30.3 Å². The largest absolute Gasteiger partial charge is 0.339 e. The maximum Gasteiger partial charge on any atom is 0.282 e. The molecule has 5 rings (SSSR count). The van der Waals surface area contributed by atoms with E-state index in [9.17, 15) is 24.5 Å². The molecule has 2 aliphatic heterocycles. The number of halogens is 2. The lowest BCUT2D eigenvalue weighted by Crippen LogP contribution is -2.44. The summed E-state index contributed by atoms with van der Waals surface area (Å²) in [5.74, 6) is -5.07. The van der Waals surface area contributed by atoms with Gasteiger partial charge >= 0.3 is 0 Å². The Kier molecular flexibility index (Phi) is 9.05. The molecule has 234 valence electrons. The number of piperidine rings is 1. The van der Waals surface area contributed by atoms with Crippen LogP contribution in [-0.2, 0) is 4.79 Å². The molecule has 1 saturated heterocycles. The number of nitrogens with zero attached hydrogens (tertiary/aromatic N) is 4. The fourth-order valence-electron chi connectivity index (χ4n) is 5.73. The van der Waals surface area contributed by atoms with Gasteiger partial charge in [-0.2, -0.15) is 0 Å². The number of carbonyl (C=O) groups is 3. The Balaban J connectivity index is 1.37. The van der Waals surface area contributed by atoms with Gasteiger partial charge in [0.1, 0.15) is 5.56 Å². The molecule has 0 radical (unpaired) electrons. The fraction of sp³-hybridized carbons (Fsp3) is 0.303. The molecule has 1 fully saturated rings. The van der Waals surface area contributed by atoms with Crippen LogP contribution in [0.5, 0.6) is 0 Å². The monoisotopic (exact) mass is 617 g/mol. The highest BCUT2D eigenvalue weighted by molar-refractivity contribution is 6.10. The first-order valence-electron chi connectivity index (χ1n) is 14.6. The van der Waals surface area contributed by atoms with E-state index in [1.807, 2.05) is 14.1 Å². The number of benzene rings is 3. The third kappa shape index (κ3) is 6.75. The van der Waals surface area contributed by atoms with Gasteiger partial charge in [-0.25, -0.2) is 8.78 Å². The molecule has 2 aliphatic rings. The smallest absolute Gasteiger partial charge is 0.282 e. The van der Waals surface area contributed by atoms with Gasteiger partial charge in [-0.15, -0.1) is 0 Å². The Morgan fingerprint density at radius 2 is 1.60 bits per heavy atom. The second-order valence-corrected chi connectivity index (χ2v) is 11.3. The minimum absolute atomic E-state index is 0.109. The van der Waals surface area contributed by atoms with Gasteiger partial charge in [0.25, 0.3) is 23.4 Å². The lowest BCUT2D eigenvalue weighted by atomic mass is 9.96. The number of nitrogens with one attached hydrogen (secondary N) is 1. The number of anilines is 2. The second-order valence-electron chi connectivity index (χ2n) is 11.3. The van der Waals surface area contributed by atoms with E-state index < -0.39 is 40.6 Å². The summed E-state index contributed by atoms with van der Waals surface area (Å²) < 4.78 is 31.3. The summed E-state index contributed by atoms with van der Waals surface area (Å²) in [5.41, 5.74) is -0.0364. The Hall–Kier alpha value is -4.97. The number of fused-ring (bicyclic) bond motifs is 1. The maximum atomic E-state index is 15.7. The Labute approximate surface area is 259 Å². The van der Waals surface area contributed by atoms with E-state index in [2.05, 4.69) is 10.2 Å². The first-order valence-corrected chi connectivity index (χ1v) is 14.6. The molecule has 0 atom stereocenters. The number of hydrogen-bond donors (Lipinski definition) is 1. The van der Waals surface area contributed by atoms with Crippen molar-refractivity contribution < 1.29 is 28.1 Å². The lowest BCUT2D eigenvalue weighted by molar-refractivity contribution is -0.385. The van der Waals surface area contributed by atoms with E-state index in [0.29, 0.717) is 19.1 Å². The molecular formula is C33H33F2N5O5. The summed E-state index contributed by atoms with van der Waals surface area (Å²) in [7, 11) is 3.96. The molecule has 2 heterocycles. The Morgan fingerprint density at radius 3 is 2.27 bits per heavy atom. The van der Waals surface area contributed by atoms with Gasteiger partial charge in [-0.3, -0.25) is 24.5 Å².